The van der Waals surface area contributed by atoms with Gasteiger partial charge in [0.05, 0.1) is 0 Å². The van der Waals surface area contributed by atoms with Gasteiger partial charge >= 0.3 is 0 Å². The number of fused-ring (bicyclic) bond motifs is 1. The first kappa shape index (κ1) is 7.41. The minimum absolute atomic E-state index is 0.738. The van der Waals surface area contributed by atoms with Gasteiger partial charge in [-0.15, -0.1) is 0 Å². The average Bonchev–Trinajstić information content (AvgIpc) is 2.50. The SMILES string of the molecule is CCC=C1OCc2ccccc21. The lowest BCUT2D eigenvalue weighted by Gasteiger charge is -1.97. The number of allylic oxidation sites excluding steroid dienone is 1. The van der Waals surface area contributed by atoms with Crippen molar-refractivity contribution in [1.29, 1.82) is 0 Å². The predicted octanol–water partition coefficient (Wildman–Crippen LogP) is 2.97. The van der Waals surface area contributed by atoms with Crippen molar-refractivity contribution in [2.45, 2.75) is 20.0 Å². The Bertz CT molecular complexity index is 313. The van der Waals surface area contributed by atoms with Crippen LogP contribution in [0.3, 0.4) is 0 Å². The summed E-state index contributed by atoms with van der Waals surface area (Å²) >= 11 is 0. The minimum atomic E-state index is 0.738. The molecule has 0 radical (unpaired) electrons. The van der Waals surface area contributed by atoms with Crippen molar-refractivity contribution in [1.82, 2.24) is 0 Å². The molecule has 0 fully saturated rings. The Morgan fingerprint density at radius 1 is 1.42 bits per heavy atom. The lowest BCUT2D eigenvalue weighted by atomic mass is 10.1. The molecule has 0 saturated carbocycles. The summed E-state index contributed by atoms with van der Waals surface area (Å²) in [4.78, 5) is 0. The highest BCUT2D eigenvalue weighted by Gasteiger charge is 2.15. The van der Waals surface area contributed by atoms with Gasteiger partial charge in [0.1, 0.15) is 12.4 Å². The van der Waals surface area contributed by atoms with Crippen molar-refractivity contribution in [3.63, 3.8) is 0 Å². The number of hydrogen-bond donors (Lipinski definition) is 0. The Labute approximate surface area is 72.7 Å². The van der Waals surface area contributed by atoms with Crippen molar-refractivity contribution >= 4 is 5.76 Å². The summed E-state index contributed by atoms with van der Waals surface area (Å²) in [6.45, 7) is 2.86. The molecule has 1 nitrogen and oxygen atoms in total. The summed E-state index contributed by atoms with van der Waals surface area (Å²) in [6.07, 6.45) is 3.16. The largest absolute Gasteiger partial charge is 0.489 e. The molecule has 62 valence electrons. The minimum Gasteiger partial charge on any atom is -0.489 e. The smallest absolute Gasteiger partial charge is 0.123 e. The van der Waals surface area contributed by atoms with E-state index in [9.17, 15) is 0 Å². The van der Waals surface area contributed by atoms with Crippen LogP contribution in [0.2, 0.25) is 0 Å². The van der Waals surface area contributed by atoms with Gasteiger partial charge in [0, 0.05) is 11.1 Å². The molecule has 1 heterocycles. The molecular weight excluding hydrogens is 148 g/mol. The maximum atomic E-state index is 5.52. The molecule has 12 heavy (non-hydrogen) atoms. The molecule has 2 rings (SSSR count). The van der Waals surface area contributed by atoms with E-state index >= 15 is 0 Å². The van der Waals surface area contributed by atoms with E-state index in [-0.39, 0.29) is 0 Å². The van der Waals surface area contributed by atoms with Crippen molar-refractivity contribution < 1.29 is 4.74 Å². The quantitative estimate of drug-likeness (QED) is 0.613. The van der Waals surface area contributed by atoms with E-state index in [1.165, 1.54) is 11.1 Å². The highest BCUT2D eigenvalue weighted by Crippen LogP contribution is 2.29. The molecule has 1 aliphatic heterocycles. The van der Waals surface area contributed by atoms with Crippen LogP contribution in [0.5, 0.6) is 0 Å². The van der Waals surface area contributed by atoms with Gasteiger partial charge in [0.15, 0.2) is 0 Å². The third-order valence-electron chi connectivity index (χ3n) is 2.06. The molecule has 0 amide bonds. The second-order valence-corrected chi connectivity index (χ2v) is 2.92. The van der Waals surface area contributed by atoms with Gasteiger partial charge in [-0.05, 0) is 12.5 Å². The summed E-state index contributed by atoms with van der Waals surface area (Å²) in [7, 11) is 0. The lowest BCUT2D eigenvalue weighted by molar-refractivity contribution is 0.284. The lowest BCUT2D eigenvalue weighted by Crippen LogP contribution is -1.78. The zero-order valence-electron chi connectivity index (χ0n) is 7.21. The maximum Gasteiger partial charge on any atom is 0.123 e. The van der Waals surface area contributed by atoms with Crippen LogP contribution in [0.25, 0.3) is 5.76 Å². The molecule has 1 aromatic carbocycles. The number of benzene rings is 1. The van der Waals surface area contributed by atoms with Crippen molar-refractivity contribution in [2.75, 3.05) is 0 Å². The molecule has 0 aliphatic carbocycles. The Morgan fingerprint density at radius 2 is 2.25 bits per heavy atom. The standard InChI is InChI=1S/C11H12O/c1-2-5-11-10-7-4-3-6-9(10)8-12-11/h3-7H,2,8H2,1H3. The second-order valence-electron chi connectivity index (χ2n) is 2.92. The summed E-state index contributed by atoms with van der Waals surface area (Å²) < 4.78 is 5.52. The van der Waals surface area contributed by atoms with Crippen LogP contribution in [0.15, 0.2) is 30.3 Å². The van der Waals surface area contributed by atoms with E-state index in [1.807, 2.05) is 0 Å². The monoisotopic (exact) mass is 160 g/mol. The van der Waals surface area contributed by atoms with Crippen molar-refractivity contribution in [3.8, 4) is 0 Å². The van der Waals surface area contributed by atoms with Gasteiger partial charge in [0.25, 0.3) is 0 Å². The summed E-state index contributed by atoms with van der Waals surface area (Å²) in [5, 5.41) is 0. The highest BCUT2D eigenvalue weighted by atomic mass is 16.5. The van der Waals surface area contributed by atoms with E-state index in [0.717, 1.165) is 18.8 Å². The average molecular weight is 160 g/mol. The van der Waals surface area contributed by atoms with Gasteiger partial charge < -0.3 is 4.74 Å². The molecule has 1 aliphatic rings. The molecule has 0 atom stereocenters. The fraction of sp³-hybridized carbons (Fsp3) is 0.273. The molecule has 0 bridgehead atoms. The van der Waals surface area contributed by atoms with E-state index in [1.54, 1.807) is 0 Å². The summed E-state index contributed by atoms with van der Waals surface area (Å²) in [5.74, 6) is 1.05. The van der Waals surface area contributed by atoms with Crippen LogP contribution in [-0.2, 0) is 11.3 Å². The third kappa shape index (κ3) is 1.11. The molecule has 1 heteroatoms. The van der Waals surface area contributed by atoms with Gasteiger partial charge in [0.2, 0.25) is 0 Å². The first-order valence-corrected chi connectivity index (χ1v) is 4.33. The molecule has 0 spiro atoms. The number of rotatable bonds is 1. The Hall–Kier alpha value is -1.24. The number of hydrogen-bond acceptors (Lipinski definition) is 1. The van der Waals surface area contributed by atoms with E-state index in [4.69, 9.17) is 4.74 Å². The molecule has 0 aromatic heterocycles. The van der Waals surface area contributed by atoms with Crippen LogP contribution < -0.4 is 0 Å². The van der Waals surface area contributed by atoms with Crippen LogP contribution in [0.1, 0.15) is 24.5 Å². The van der Waals surface area contributed by atoms with Crippen molar-refractivity contribution in [2.24, 2.45) is 0 Å². The van der Waals surface area contributed by atoms with E-state index in [2.05, 4.69) is 37.3 Å². The first-order chi connectivity index (χ1) is 5.92. The van der Waals surface area contributed by atoms with Crippen LogP contribution in [0, 0.1) is 0 Å². The van der Waals surface area contributed by atoms with E-state index < -0.39 is 0 Å². The fourth-order valence-corrected chi connectivity index (χ4v) is 1.47. The Balaban J connectivity index is 2.43. The molecule has 0 N–H and O–H groups in total. The van der Waals surface area contributed by atoms with E-state index in [0.29, 0.717) is 0 Å². The normalized spacial score (nSPS) is 17.6. The Kier molecular flexibility index (Phi) is 1.86. The summed E-state index contributed by atoms with van der Waals surface area (Å²) in [5.41, 5.74) is 2.57. The molecule has 0 unspecified atom stereocenters. The number of ether oxygens (including phenoxy) is 1. The zero-order valence-corrected chi connectivity index (χ0v) is 7.21. The fourth-order valence-electron chi connectivity index (χ4n) is 1.47. The topological polar surface area (TPSA) is 9.23 Å². The zero-order chi connectivity index (χ0) is 8.39. The molecule has 1 aromatic rings. The predicted molar refractivity (Wildman–Crippen MR) is 49.5 cm³/mol. The van der Waals surface area contributed by atoms with Crippen LogP contribution in [-0.4, -0.2) is 0 Å². The second kappa shape index (κ2) is 3.02. The van der Waals surface area contributed by atoms with Crippen LogP contribution >= 0.6 is 0 Å². The van der Waals surface area contributed by atoms with Gasteiger partial charge in [-0.3, -0.25) is 0 Å². The van der Waals surface area contributed by atoms with Gasteiger partial charge in [-0.1, -0.05) is 31.2 Å². The summed E-state index contributed by atoms with van der Waals surface area (Å²) in [6, 6.07) is 8.34. The third-order valence-corrected chi connectivity index (χ3v) is 2.06. The maximum absolute atomic E-state index is 5.52. The first-order valence-electron chi connectivity index (χ1n) is 4.33. The van der Waals surface area contributed by atoms with Crippen molar-refractivity contribution in [3.05, 3.63) is 41.5 Å². The van der Waals surface area contributed by atoms with Crippen LogP contribution in [0.4, 0.5) is 0 Å². The molecular formula is C11H12O. The Morgan fingerprint density at radius 3 is 3.08 bits per heavy atom. The highest BCUT2D eigenvalue weighted by molar-refractivity contribution is 5.65. The van der Waals surface area contributed by atoms with Gasteiger partial charge in [-0.25, -0.2) is 0 Å². The molecule has 0 saturated heterocycles. The van der Waals surface area contributed by atoms with Gasteiger partial charge in [-0.2, -0.15) is 0 Å².